The molecule has 6 radical (unpaired) electrons. The topological polar surface area (TPSA) is 106 Å². The summed E-state index contributed by atoms with van der Waals surface area (Å²) in [5, 5.41) is 9.33. The SMILES string of the molecule is [CH-]=C1CCC[C@@]2(C)C1CC[C@@H]2[C@@H](C)C=O.[CH-]=C1CCC[C@@]2(C)C1CC[C@@H]2[C@@H](C)CC=O.[CH-]=C1CCC[C@@]2(C)C1CC[C@@H]2[C@@H](C)CCC=O.[CH-]=C1CCC[C@@]2(C)C1CC[C@@H]2[C@@H](C)CCCC=O.[CH-]=C1CCC[C@@]2(C)C1CC[C@@H]2[C@@H](C)CO.[CH-]=C1CCC[C@@]2(C)C1CC[C@@H]2[C@H](C)C=O.[Y].[Y].[Y].[Y].[Y].[Y]. The summed E-state index contributed by atoms with van der Waals surface area (Å²) in [5.74, 6) is 10.6. The molecule has 0 aromatic rings. The molecule has 0 saturated heterocycles. The van der Waals surface area contributed by atoms with Crippen LogP contribution in [0.15, 0.2) is 33.4 Å². The van der Waals surface area contributed by atoms with Gasteiger partial charge < -0.3 is 68.6 Å². The monoisotopic (exact) mass is 1850 g/mol. The van der Waals surface area contributed by atoms with Gasteiger partial charge in [0.15, 0.2) is 0 Å². The van der Waals surface area contributed by atoms with Crippen LogP contribution < -0.4 is 0 Å². The molecule has 24 atom stereocenters. The Morgan fingerprint density at radius 1 is 0.333 bits per heavy atom. The van der Waals surface area contributed by atoms with Gasteiger partial charge in [-0.15, -0.1) is 0 Å². The Hall–Kier alpha value is 3.37. The fourth-order valence-electron chi connectivity index (χ4n) is 25.8. The van der Waals surface area contributed by atoms with Gasteiger partial charge in [-0.25, -0.2) is 0 Å². The normalized spacial score (nSPS) is 38.2. The minimum Gasteiger partial charge on any atom is -0.514 e. The quantitative estimate of drug-likeness (QED) is 0.0833. The van der Waals surface area contributed by atoms with Crippen molar-refractivity contribution in [3.63, 3.8) is 0 Å². The summed E-state index contributed by atoms with van der Waals surface area (Å²) < 4.78 is 0. The maximum absolute atomic E-state index is 11.0. The Morgan fingerprint density at radius 3 is 0.814 bits per heavy atom. The van der Waals surface area contributed by atoms with Gasteiger partial charge in [0.2, 0.25) is 0 Å². The van der Waals surface area contributed by atoms with Gasteiger partial charge in [-0.3, -0.25) is 33.4 Å². The maximum atomic E-state index is 11.0. The third-order valence-corrected chi connectivity index (χ3v) is 31.2. The minimum absolute atomic E-state index is 0. The Kier molecular flexibility index (Phi) is 48.1. The smallest absolute Gasteiger partial charge is 0.123 e. The molecule has 12 heteroatoms. The van der Waals surface area contributed by atoms with Crippen LogP contribution in [0.4, 0.5) is 0 Å². The first-order valence-corrected chi connectivity index (χ1v) is 40.1. The molecule has 0 bridgehead atoms. The Bertz CT molecular complexity index is 2630. The number of aliphatic hydroxyl groups excluding tert-OH is 1. The molecule has 6 nitrogen and oxygen atoms in total. The molecule has 102 heavy (non-hydrogen) atoms. The molecule has 0 aromatic heterocycles. The number of carbonyl (C=O) groups excluding carboxylic acids is 5. The molecule has 12 aliphatic carbocycles. The molecule has 12 rings (SSSR count). The number of unbranched alkanes of at least 4 members (excludes halogenated alkanes) is 1. The average molecular weight is 1850 g/mol. The van der Waals surface area contributed by atoms with E-state index >= 15 is 0 Å². The molecule has 12 fully saturated rings. The number of fused-ring (bicyclic) bond motifs is 6. The Labute approximate surface area is 778 Å². The summed E-state index contributed by atoms with van der Waals surface area (Å²) in [4.78, 5) is 53.5. The van der Waals surface area contributed by atoms with Crippen molar-refractivity contribution < 1.29 is 225 Å². The second kappa shape index (κ2) is 47.4. The van der Waals surface area contributed by atoms with Gasteiger partial charge in [0, 0.05) is 234 Å². The fourth-order valence-corrected chi connectivity index (χ4v) is 25.8. The first kappa shape index (κ1) is 103. The molecule has 1 N–H and O–H groups in total. The van der Waals surface area contributed by atoms with E-state index < -0.39 is 0 Å². The predicted molar refractivity (Wildman–Crippen MR) is 396 cm³/mol. The number of aldehydes is 5. The molecule has 560 valence electrons. The van der Waals surface area contributed by atoms with E-state index in [1.807, 2.05) is 0 Å². The molecule has 12 saturated carbocycles. The van der Waals surface area contributed by atoms with Crippen LogP contribution in [0.25, 0.3) is 0 Å². The largest absolute Gasteiger partial charge is 0.514 e. The van der Waals surface area contributed by atoms with Crippen molar-refractivity contribution in [2.45, 2.75) is 314 Å². The third kappa shape index (κ3) is 23.8. The summed E-state index contributed by atoms with van der Waals surface area (Å²) >= 11 is 0. The predicted octanol–water partition coefficient (Wildman–Crippen LogP) is 22.5. The summed E-state index contributed by atoms with van der Waals surface area (Å²) in [6.45, 7) is 65.1. The van der Waals surface area contributed by atoms with Crippen LogP contribution in [0.1, 0.15) is 314 Å². The van der Waals surface area contributed by atoms with Crippen LogP contribution in [-0.2, 0) is 220 Å². The van der Waals surface area contributed by atoms with E-state index in [-0.39, 0.29) is 208 Å². The second-order valence-electron chi connectivity index (χ2n) is 36.4. The van der Waals surface area contributed by atoms with Crippen LogP contribution in [-0.4, -0.2) is 43.1 Å². The molecule has 0 spiro atoms. The van der Waals surface area contributed by atoms with E-state index in [2.05, 4.69) is 83.1 Å². The number of hydrogen-bond donors (Lipinski definition) is 1. The van der Waals surface area contributed by atoms with E-state index in [9.17, 15) is 29.1 Å². The first-order chi connectivity index (χ1) is 45.6. The Morgan fingerprint density at radius 2 is 0.569 bits per heavy atom. The summed E-state index contributed by atoms with van der Waals surface area (Å²) in [5.41, 5.74) is 9.63. The molecule has 0 heterocycles. The van der Waals surface area contributed by atoms with E-state index in [1.54, 1.807) is 0 Å². The minimum atomic E-state index is 0. The fraction of sp³-hybridized carbons (Fsp3) is 0.811. The van der Waals surface area contributed by atoms with Crippen molar-refractivity contribution in [3.05, 3.63) is 72.9 Å². The molecule has 0 amide bonds. The number of aliphatic hydroxyl groups is 1. The zero-order valence-electron chi connectivity index (χ0n) is 66.9. The van der Waals surface area contributed by atoms with Crippen molar-refractivity contribution in [2.24, 2.45) is 139 Å². The van der Waals surface area contributed by atoms with Crippen molar-refractivity contribution in [1.29, 1.82) is 0 Å². The molecule has 0 aliphatic heterocycles. The zero-order chi connectivity index (χ0) is 70.6. The Balaban J connectivity index is 0.000000606. The number of rotatable bonds is 18. The van der Waals surface area contributed by atoms with Gasteiger partial charge in [0.05, 0.1) is 0 Å². The van der Waals surface area contributed by atoms with Crippen LogP contribution >= 0.6 is 0 Å². The van der Waals surface area contributed by atoms with Gasteiger partial charge in [0.1, 0.15) is 31.4 Å². The molecular formula is C90H140O6Y6-6. The van der Waals surface area contributed by atoms with Crippen molar-refractivity contribution in [1.82, 2.24) is 0 Å². The average Bonchev–Trinajstić information content (AvgIpc) is 1.28. The number of allylic oxidation sites excluding steroid dienone is 6. The maximum Gasteiger partial charge on any atom is 0.123 e. The van der Waals surface area contributed by atoms with Gasteiger partial charge >= 0.3 is 0 Å². The van der Waals surface area contributed by atoms with Crippen molar-refractivity contribution in [3.8, 4) is 0 Å². The third-order valence-electron chi connectivity index (χ3n) is 31.2. The first-order valence-electron chi connectivity index (χ1n) is 40.1. The van der Waals surface area contributed by atoms with E-state index in [0.29, 0.717) is 122 Å². The van der Waals surface area contributed by atoms with E-state index in [0.717, 1.165) is 113 Å². The van der Waals surface area contributed by atoms with Gasteiger partial charge in [0.25, 0.3) is 0 Å². The van der Waals surface area contributed by atoms with Crippen LogP contribution in [0, 0.1) is 178 Å². The number of carbonyl (C=O) groups is 5. The van der Waals surface area contributed by atoms with Crippen LogP contribution in [0.5, 0.6) is 0 Å². The molecule has 12 aliphatic rings. The standard InChI is InChI=1S/C17H27O.C16H25O.C15H23O.C14H23O.2C14H21O.6Y/c1-13(7-4-5-12-18)15-9-10-16-14(2)8-6-11-17(15,16)3;1-12-6-4-10-16(3)14(12)8-9-15(16)13(2)7-5-11-17;1-11-5-4-9-15(3)13(11)6-7-14(15)12(2)8-10-16;3*1-10-5-4-8-14(3)12(10)6-7-13(14)11(2)9-15;;;;;;/h2,12-13,15-16H,4-11H2,1,3H3;1,11,13-15H,4-10H2,2-3H3;1,10,12-14H,4-9H2,2-3H3;1,11-13,15H,4-9H2,2-3H3;2*1,9,11-13H,4-8H2,2-3H3;;;;;;/q6*-1;;;;;;/t13-,15+,16?,17+;13-,14?,15+,16-;12-,13?,14+,15-;2*11-,12?,13+,14-;11-,12?,13-,14+;;;;;;/m000001....../s1. The van der Waals surface area contributed by atoms with Crippen LogP contribution in [0.2, 0.25) is 0 Å². The van der Waals surface area contributed by atoms with Crippen molar-refractivity contribution in [2.75, 3.05) is 6.61 Å². The summed E-state index contributed by atoms with van der Waals surface area (Å²) in [7, 11) is 0. The number of hydrogen-bond acceptors (Lipinski definition) is 6. The molecule has 0 aromatic carbocycles. The summed E-state index contributed by atoms with van der Waals surface area (Å²) in [6.07, 6.45) is 47.8. The second-order valence-corrected chi connectivity index (χ2v) is 36.4. The van der Waals surface area contributed by atoms with Gasteiger partial charge in [-0.2, -0.15) is 0 Å². The summed E-state index contributed by atoms with van der Waals surface area (Å²) in [6, 6.07) is 0. The van der Waals surface area contributed by atoms with Gasteiger partial charge in [-0.1, -0.05) is 167 Å². The zero-order valence-corrected chi connectivity index (χ0v) is 83.9. The van der Waals surface area contributed by atoms with E-state index in [1.165, 1.54) is 194 Å². The van der Waals surface area contributed by atoms with Crippen molar-refractivity contribution >= 4 is 31.4 Å². The van der Waals surface area contributed by atoms with Crippen LogP contribution in [0.3, 0.4) is 0 Å². The molecule has 6 unspecified atom stereocenters. The molecular weight excluding hydrogens is 1710 g/mol. The van der Waals surface area contributed by atoms with E-state index in [4.69, 9.17) is 39.5 Å². The van der Waals surface area contributed by atoms with Gasteiger partial charge in [-0.05, 0) is 256 Å².